The number of H-pyrrole nitrogens is 1. The molecular formula is C21H26N6O8. The lowest BCUT2D eigenvalue weighted by atomic mass is 10.1. The Morgan fingerprint density at radius 3 is 2.23 bits per heavy atom. The molecule has 188 valence electrons. The molecule has 0 aliphatic carbocycles. The van der Waals surface area contributed by atoms with Gasteiger partial charge in [-0.2, -0.15) is 0 Å². The largest absolute Gasteiger partial charge is 0.508 e. The van der Waals surface area contributed by atoms with E-state index < -0.39 is 60.8 Å². The molecular weight excluding hydrogens is 464 g/mol. The summed E-state index contributed by atoms with van der Waals surface area (Å²) < 4.78 is 0. The Labute approximate surface area is 198 Å². The molecule has 14 nitrogen and oxygen atoms in total. The fourth-order valence-electron chi connectivity index (χ4n) is 3.00. The van der Waals surface area contributed by atoms with Crippen molar-refractivity contribution in [3.63, 3.8) is 0 Å². The van der Waals surface area contributed by atoms with Gasteiger partial charge in [-0.15, -0.1) is 0 Å². The van der Waals surface area contributed by atoms with Crippen molar-refractivity contribution >= 4 is 29.7 Å². The number of carbonyl (C=O) groups excluding carboxylic acids is 3. The molecule has 0 aliphatic heterocycles. The lowest BCUT2D eigenvalue weighted by Gasteiger charge is -2.20. The SMILES string of the molecule is NC(Cc1ccc(O)cc1)C(=O)NCC(=O)NC(CC(=O)O)C(=O)NC(Cc1cnc[nH]1)C(=O)O. The Morgan fingerprint density at radius 1 is 0.971 bits per heavy atom. The van der Waals surface area contributed by atoms with Crippen molar-refractivity contribution in [2.75, 3.05) is 6.54 Å². The summed E-state index contributed by atoms with van der Waals surface area (Å²) in [5, 5.41) is 34.4. The second-order valence-corrected chi connectivity index (χ2v) is 7.59. The number of aromatic hydroxyl groups is 1. The Morgan fingerprint density at radius 2 is 1.66 bits per heavy atom. The van der Waals surface area contributed by atoms with Crippen molar-refractivity contribution in [1.82, 2.24) is 25.9 Å². The summed E-state index contributed by atoms with van der Waals surface area (Å²) in [7, 11) is 0. The number of hydrogen-bond acceptors (Lipinski definition) is 8. The van der Waals surface area contributed by atoms with E-state index in [9.17, 15) is 34.2 Å². The number of nitrogens with one attached hydrogen (secondary N) is 4. The van der Waals surface area contributed by atoms with Crippen LogP contribution in [0.5, 0.6) is 5.75 Å². The van der Waals surface area contributed by atoms with Gasteiger partial charge >= 0.3 is 11.9 Å². The van der Waals surface area contributed by atoms with Crippen molar-refractivity contribution in [2.24, 2.45) is 5.73 Å². The zero-order chi connectivity index (χ0) is 26.0. The highest BCUT2D eigenvalue weighted by molar-refractivity contribution is 5.94. The lowest BCUT2D eigenvalue weighted by Crippen LogP contribution is -2.54. The number of aliphatic carboxylic acids is 2. The lowest BCUT2D eigenvalue weighted by molar-refractivity contribution is -0.143. The van der Waals surface area contributed by atoms with Crippen LogP contribution in [-0.2, 0) is 36.8 Å². The van der Waals surface area contributed by atoms with Crippen molar-refractivity contribution in [3.05, 3.63) is 48.0 Å². The van der Waals surface area contributed by atoms with E-state index in [-0.39, 0.29) is 18.6 Å². The maximum absolute atomic E-state index is 12.5. The van der Waals surface area contributed by atoms with E-state index in [0.717, 1.165) is 0 Å². The summed E-state index contributed by atoms with van der Waals surface area (Å²) in [6, 6.07) is 2.03. The summed E-state index contributed by atoms with van der Waals surface area (Å²) in [6.07, 6.45) is 1.86. The number of aromatic nitrogens is 2. The smallest absolute Gasteiger partial charge is 0.326 e. The third-order valence-corrected chi connectivity index (χ3v) is 4.78. The maximum Gasteiger partial charge on any atom is 0.326 e. The highest BCUT2D eigenvalue weighted by atomic mass is 16.4. The predicted octanol–water partition coefficient (Wildman–Crippen LogP) is -2.13. The Hall–Kier alpha value is -4.46. The number of nitrogens with zero attached hydrogens (tertiary/aromatic N) is 1. The number of phenolic OH excluding ortho intramolecular Hbond substituents is 1. The highest BCUT2D eigenvalue weighted by Crippen LogP contribution is 2.10. The van der Waals surface area contributed by atoms with E-state index in [1.165, 1.54) is 24.7 Å². The minimum atomic E-state index is -1.59. The molecule has 3 unspecified atom stereocenters. The van der Waals surface area contributed by atoms with Crippen molar-refractivity contribution in [1.29, 1.82) is 0 Å². The van der Waals surface area contributed by atoms with Crippen molar-refractivity contribution in [2.45, 2.75) is 37.4 Å². The average molecular weight is 490 g/mol. The number of rotatable bonds is 13. The van der Waals surface area contributed by atoms with Crippen LogP contribution >= 0.6 is 0 Å². The van der Waals surface area contributed by atoms with Crippen LogP contribution in [0, 0.1) is 0 Å². The summed E-state index contributed by atoms with van der Waals surface area (Å²) in [6.45, 7) is -0.595. The first-order valence-electron chi connectivity index (χ1n) is 10.4. The molecule has 0 spiro atoms. The van der Waals surface area contributed by atoms with Gasteiger partial charge in [-0.05, 0) is 24.1 Å². The number of aromatic amines is 1. The van der Waals surface area contributed by atoms with E-state index in [2.05, 4.69) is 25.9 Å². The van der Waals surface area contributed by atoms with E-state index in [1.54, 1.807) is 12.1 Å². The van der Waals surface area contributed by atoms with Crippen LogP contribution in [0.15, 0.2) is 36.8 Å². The van der Waals surface area contributed by atoms with Crippen LogP contribution in [0.2, 0.25) is 0 Å². The molecule has 2 rings (SSSR count). The summed E-state index contributed by atoms with van der Waals surface area (Å²) in [4.78, 5) is 66.0. The number of amides is 3. The molecule has 0 aliphatic rings. The molecule has 9 N–H and O–H groups in total. The molecule has 2 aromatic rings. The van der Waals surface area contributed by atoms with Crippen LogP contribution in [0.3, 0.4) is 0 Å². The number of hydrogen-bond donors (Lipinski definition) is 8. The first-order chi connectivity index (χ1) is 16.5. The number of imidazole rings is 1. The fourth-order valence-corrected chi connectivity index (χ4v) is 3.00. The van der Waals surface area contributed by atoms with Gasteiger partial charge in [0.05, 0.1) is 25.3 Å². The molecule has 0 radical (unpaired) electrons. The number of benzene rings is 1. The highest BCUT2D eigenvalue weighted by Gasteiger charge is 2.29. The second kappa shape index (κ2) is 12.7. The maximum atomic E-state index is 12.5. The van der Waals surface area contributed by atoms with Gasteiger partial charge in [0.2, 0.25) is 17.7 Å². The molecule has 0 saturated heterocycles. The van der Waals surface area contributed by atoms with E-state index in [4.69, 9.17) is 10.8 Å². The first kappa shape index (κ1) is 26.8. The number of carboxylic acid groups (broad SMARTS) is 2. The molecule has 0 fully saturated rings. The van der Waals surface area contributed by atoms with Gasteiger partial charge < -0.3 is 42.0 Å². The Bertz CT molecular complexity index is 1040. The first-order valence-corrected chi connectivity index (χ1v) is 10.4. The average Bonchev–Trinajstić information content (AvgIpc) is 3.30. The Balaban J connectivity index is 1.91. The normalized spacial score (nSPS) is 13.2. The quantitative estimate of drug-likeness (QED) is 0.152. The van der Waals surface area contributed by atoms with E-state index in [1.807, 2.05) is 0 Å². The predicted molar refractivity (Wildman–Crippen MR) is 119 cm³/mol. The molecule has 14 heteroatoms. The van der Waals surface area contributed by atoms with Crippen LogP contribution in [0.25, 0.3) is 0 Å². The number of nitrogens with two attached hydrogens (primary N) is 1. The molecule has 1 heterocycles. The topological polar surface area (TPSA) is 237 Å². The van der Waals surface area contributed by atoms with Gasteiger partial charge in [-0.3, -0.25) is 19.2 Å². The van der Waals surface area contributed by atoms with Crippen LogP contribution in [0.4, 0.5) is 0 Å². The molecule has 35 heavy (non-hydrogen) atoms. The van der Waals surface area contributed by atoms with Gasteiger partial charge in [0.25, 0.3) is 0 Å². The standard InChI is InChI=1S/C21H26N6O8/c22-14(5-11-1-3-13(28)4-2-11)19(32)24-9-17(29)26-15(7-18(30)31)20(33)27-16(21(34)35)6-12-8-23-10-25-12/h1-4,8,10,14-16,28H,5-7,9,22H2,(H,23,25)(H,24,32)(H,26,29)(H,27,33)(H,30,31)(H,34,35). The molecule has 3 amide bonds. The van der Waals surface area contributed by atoms with Gasteiger partial charge in [-0.25, -0.2) is 9.78 Å². The van der Waals surface area contributed by atoms with Gasteiger partial charge in [0.15, 0.2) is 0 Å². The van der Waals surface area contributed by atoms with Crippen LogP contribution < -0.4 is 21.7 Å². The number of phenols is 1. The molecule has 1 aromatic carbocycles. The summed E-state index contributed by atoms with van der Waals surface area (Å²) >= 11 is 0. The van der Waals surface area contributed by atoms with Gasteiger partial charge in [-0.1, -0.05) is 12.1 Å². The number of carboxylic acids is 2. The van der Waals surface area contributed by atoms with E-state index in [0.29, 0.717) is 11.3 Å². The zero-order valence-corrected chi connectivity index (χ0v) is 18.4. The monoisotopic (exact) mass is 490 g/mol. The van der Waals surface area contributed by atoms with Crippen LogP contribution in [0.1, 0.15) is 17.7 Å². The minimum Gasteiger partial charge on any atom is -0.508 e. The minimum absolute atomic E-state index is 0.0550. The second-order valence-electron chi connectivity index (χ2n) is 7.59. The molecule has 0 saturated carbocycles. The summed E-state index contributed by atoms with van der Waals surface area (Å²) in [5.74, 6) is -5.30. The van der Waals surface area contributed by atoms with Crippen LogP contribution in [-0.4, -0.2) is 79.6 Å². The third kappa shape index (κ3) is 9.13. The van der Waals surface area contributed by atoms with Crippen molar-refractivity contribution in [3.8, 4) is 5.75 Å². The molecule has 1 aromatic heterocycles. The Kier molecular flexibility index (Phi) is 9.71. The fraction of sp³-hybridized carbons (Fsp3) is 0.333. The molecule has 0 bridgehead atoms. The van der Waals surface area contributed by atoms with E-state index >= 15 is 0 Å². The number of carbonyl (C=O) groups is 5. The molecule has 3 atom stereocenters. The third-order valence-electron chi connectivity index (χ3n) is 4.78. The van der Waals surface area contributed by atoms with Gasteiger partial charge in [0.1, 0.15) is 17.8 Å². The van der Waals surface area contributed by atoms with Crippen molar-refractivity contribution < 1.29 is 39.3 Å². The zero-order valence-electron chi connectivity index (χ0n) is 18.4. The summed E-state index contributed by atoms with van der Waals surface area (Å²) in [5.41, 5.74) is 6.91. The van der Waals surface area contributed by atoms with Gasteiger partial charge in [0, 0.05) is 18.3 Å².